The molecule has 1 aliphatic rings. The zero-order valence-electron chi connectivity index (χ0n) is 17.6. The number of nitrogens with zero attached hydrogens (tertiary/aromatic N) is 2. The molecule has 2 aromatic carbocycles. The first kappa shape index (κ1) is 22.9. The van der Waals surface area contributed by atoms with Crippen LogP contribution in [0.15, 0.2) is 60.0 Å². The lowest BCUT2D eigenvalue weighted by molar-refractivity contribution is -0.131. The van der Waals surface area contributed by atoms with Gasteiger partial charge in [-0.15, -0.1) is 11.3 Å². The number of anilines is 1. The topological polar surface area (TPSA) is 69.7 Å². The number of hydrogen-bond donors (Lipinski definition) is 1. The van der Waals surface area contributed by atoms with Gasteiger partial charge in [-0.25, -0.2) is 4.39 Å². The van der Waals surface area contributed by atoms with E-state index in [9.17, 15) is 18.8 Å². The van der Waals surface area contributed by atoms with E-state index in [2.05, 4.69) is 5.32 Å². The molecule has 1 aromatic heterocycles. The highest BCUT2D eigenvalue weighted by atomic mass is 35.5. The fourth-order valence-electron chi connectivity index (χ4n) is 3.58. The maximum absolute atomic E-state index is 13.1. The van der Waals surface area contributed by atoms with E-state index >= 15 is 0 Å². The Labute approximate surface area is 199 Å². The van der Waals surface area contributed by atoms with E-state index in [4.69, 9.17) is 11.6 Å². The molecule has 0 aliphatic carbocycles. The number of nitrogens with one attached hydrogen (secondary N) is 1. The van der Waals surface area contributed by atoms with Crippen molar-refractivity contribution in [1.29, 1.82) is 0 Å². The van der Waals surface area contributed by atoms with Crippen molar-refractivity contribution in [3.05, 3.63) is 86.8 Å². The van der Waals surface area contributed by atoms with Crippen molar-refractivity contribution in [1.82, 2.24) is 9.80 Å². The quantitative estimate of drug-likeness (QED) is 0.585. The third kappa shape index (κ3) is 5.58. The minimum atomic E-state index is -0.338. The van der Waals surface area contributed by atoms with Crippen molar-refractivity contribution in [2.24, 2.45) is 0 Å². The first-order valence-corrected chi connectivity index (χ1v) is 11.6. The van der Waals surface area contributed by atoms with Crippen LogP contribution in [0.25, 0.3) is 0 Å². The van der Waals surface area contributed by atoms with Crippen LogP contribution in [0.2, 0.25) is 5.02 Å². The number of carbonyl (C=O) groups excluding carboxylic acids is 3. The Balaban J connectivity index is 1.36. The summed E-state index contributed by atoms with van der Waals surface area (Å²) >= 11 is 7.53. The van der Waals surface area contributed by atoms with E-state index in [0.29, 0.717) is 47.3 Å². The van der Waals surface area contributed by atoms with Gasteiger partial charge < -0.3 is 15.1 Å². The minimum Gasteiger partial charge on any atom is -0.339 e. The molecule has 33 heavy (non-hydrogen) atoms. The van der Waals surface area contributed by atoms with Gasteiger partial charge >= 0.3 is 0 Å². The van der Waals surface area contributed by atoms with Crippen LogP contribution in [0.1, 0.15) is 25.6 Å². The second kappa shape index (κ2) is 10.1. The summed E-state index contributed by atoms with van der Waals surface area (Å²) in [6, 6.07) is 14.1. The molecule has 1 aliphatic heterocycles. The Morgan fingerprint density at radius 2 is 1.67 bits per heavy atom. The van der Waals surface area contributed by atoms with Gasteiger partial charge in [0.2, 0.25) is 5.91 Å². The van der Waals surface area contributed by atoms with Gasteiger partial charge in [-0.2, -0.15) is 0 Å². The number of rotatable bonds is 5. The second-order valence-electron chi connectivity index (χ2n) is 7.60. The molecule has 9 heteroatoms. The van der Waals surface area contributed by atoms with Crippen molar-refractivity contribution >= 4 is 46.3 Å². The Morgan fingerprint density at radius 1 is 0.970 bits per heavy atom. The molecule has 0 unspecified atom stereocenters. The smallest absolute Gasteiger partial charge is 0.265 e. The third-order valence-electron chi connectivity index (χ3n) is 5.39. The number of thiophene rings is 1. The number of piperazine rings is 1. The largest absolute Gasteiger partial charge is 0.339 e. The molecule has 0 radical (unpaired) electrons. The highest BCUT2D eigenvalue weighted by molar-refractivity contribution is 7.12. The molecule has 3 aromatic rings. The number of amides is 3. The van der Waals surface area contributed by atoms with E-state index in [1.165, 1.54) is 23.5 Å². The van der Waals surface area contributed by atoms with Gasteiger partial charge in [-0.1, -0.05) is 29.8 Å². The van der Waals surface area contributed by atoms with E-state index < -0.39 is 0 Å². The summed E-state index contributed by atoms with van der Waals surface area (Å²) in [6.07, 6.45) is 0.193. The van der Waals surface area contributed by atoms with Crippen LogP contribution in [0.3, 0.4) is 0 Å². The van der Waals surface area contributed by atoms with Gasteiger partial charge in [0, 0.05) is 31.7 Å². The van der Waals surface area contributed by atoms with Crippen LogP contribution in [0.4, 0.5) is 10.1 Å². The lowest BCUT2D eigenvalue weighted by Gasteiger charge is -2.35. The van der Waals surface area contributed by atoms with Crippen LogP contribution in [-0.4, -0.2) is 53.7 Å². The van der Waals surface area contributed by atoms with E-state index in [0.717, 1.165) is 5.56 Å². The fraction of sp³-hybridized carbons (Fsp3) is 0.208. The van der Waals surface area contributed by atoms with Gasteiger partial charge in [-0.05, 0) is 47.3 Å². The molecule has 2 heterocycles. The van der Waals surface area contributed by atoms with Gasteiger partial charge in [0.05, 0.1) is 22.0 Å². The van der Waals surface area contributed by atoms with Crippen molar-refractivity contribution in [2.75, 3.05) is 31.5 Å². The first-order chi connectivity index (χ1) is 15.9. The van der Waals surface area contributed by atoms with Crippen LogP contribution in [0.5, 0.6) is 0 Å². The molecule has 0 bridgehead atoms. The molecule has 1 fully saturated rings. The number of carbonyl (C=O) groups is 3. The van der Waals surface area contributed by atoms with Gasteiger partial charge in [0.15, 0.2) is 0 Å². The molecule has 1 N–H and O–H groups in total. The lowest BCUT2D eigenvalue weighted by Crippen LogP contribution is -2.51. The maximum atomic E-state index is 13.1. The number of hydrogen-bond acceptors (Lipinski definition) is 4. The minimum absolute atomic E-state index is 0.0567. The highest BCUT2D eigenvalue weighted by Crippen LogP contribution is 2.25. The van der Waals surface area contributed by atoms with Crippen molar-refractivity contribution in [3.8, 4) is 0 Å². The summed E-state index contributed by atoms with van der Waals surface area (Å²) in [7, 11) is 0. The average molecular weight is 486 g/mol. The maximum Gasteiger partial charge on any atom is 0.265 e. The Morgan fingerprint density at radius 3 is 2.33 bits per heavy atom. The van der Waals surface area contributed by atoms with Crippen LogP contribution >= 0.6 is 22.9 Å². The molecular weight excluding hydrogens is 465 g/mol. The molecule has 0 spiro atoms. The fourth-order valence-corrected chi connectivity index (χ4v) is 4.36. The van der Waals surface area contributed by atoms with Gasteiger partial charge in [0.25, 0.3) is 11.8 Å². The molecule has 0 atom stereocenters. The summed E-state index contributed by atoms with van der Waals surface area (Å²) < 4.78 is 13.1. The average Bonchev–Trinajstić information content (AvgIpc) is 3.37. The second-order valence-corrected chi connectivity index (χ2v) is 8.96. The molecule has 1 saturated heterocycles. The molecule has 4 rings (SSSR count). The summed E-state index contributed by atoms with van der Waals surface area (Å²) in [5.41, 5.74) is 1.53. The zero-order chi connectivity index (χ0) is 23.4. The van der Waals surface area contributed by atoms with Crippen molar-refractivity contribution < 1.29 is 18.8 Å². The van der Waals surface area contributed by atoms with Crippen LogP contribution in [-0.2, 0) is 11.2 Å². The molecule has 3 amide bonds. The Bertz CT molecular complexity index is 1160. The van der Waals surface area contributed by atoms with Gasteiger partial charge in [-0.3, -0.25) is 14.4 Å². The predicted octanol–water partition coefficient (Wildman–Crippen LogP) is 4.32. The summed E-state index contributed by atoms with van der Waals surface area (Å²) in [4.78, 5) is 41.8. The molecule has 170 valence electrons. The standard InChI is InChI=1S/C24H21ClFN3O3S/c25-19-8-5-17(15-20(19)27-23(31)21-2-1-13-33-21)24(32)29-11-9-28(10-12-29)22(30)14-16-3-6-18(26)7-4-16/h1-8,13,15H,9-12,14H2,(H,27,31). The normalized spacial score (nSPS) is 13.6. The molecular formula is C24H21ClFN3O3S. The van der Waals surface area contributed by atoms with Crippen molar-refractivity contribution in [3.63, 3.8) is 0 Å². The van der Waals surface area contributed by atoms with E-state index in [1.54, 1.807) is 57.6 Å². The third-order valence-corrected chi connectivity index (χ3v) is 6.59. The lowest BCUT2D eigenvalue weighted by atomic mass is 10.1. The summed E-state index contributed by atoms with van der Waals surface area (Å²) in [5, 5.41) is 4.90. The first-order valence-electron chi connectivity index (χ1n) is 10.4. The molecule has 0 saturated carbocycles. The summed E-state index contributed by atoms with van der Waals surface area (Å²) in [6.45, 7) is 1.63. The monoisotopic (exact) mass is 485 g/mol. The Kier molecular flexibility index (Phi) is 7.05. The van der Waals surface area contributed by atoms with E-state index in [-0.39, 0.29) is 30.0 Å². The van der Waals surface area contributed by atoms with Crippen LogP contribution in [0, 0.1) is 5.82 Å². The number of halogens is 2. The zero-order valence-corrected chi connectivity index (χ0v) is 19.2. The van der Waals surface area contributed by atoms with Crippen molar-refractivity contribution in [2.45, 2.75) is 6.42 Å². The van der Waals surface area contributed by atoms with Crippen LogP contribution < -0.4 is 5.32 Å². The van der Waals surface area contributed by atoms with E-state index in [1.807, 2.05) is 0 Å². The SMILES string of the molecule is O=C(Nc1cc(C(=O)N2CCN(C(=O)Cc3ccc(F)cc3)CC2)ccc1Cl)c1cccs1. The Hall–Kier alpha value is -3.23. The van der Waals surface area contributed by atoms with Gasteiger partial charge in [0.1, 0.15) is 5.82 Å². The summed E-state index contributed by atoms with van der Waals surface area (Å²) in [5.74, 6) is -0.873. The predicted molar refractivity (Wildman–Crippen MR) is 126 cm³/mol. The molecule has 6 nitrogen and oxygen atoms in total. The highest BCUT2D eigenvalue weighted by Gasteiger charge is 2.25. The number of benzene rings is 2.